The lowest BCUT2D eigenvalue weighted by molar-refractivity contribution is 0.402. The summed E-state index contributed by atoms with van der Waals surface area (Å²) >= 11 is 5.95. The fourth-order valence-corrected chi connectivity index (χ4v) is 4.15. The van der Waals surface area contributed by atoms with Crippen LogP contribution < -0.4 is 15.4 Å². The van der Waals surface area contributed by atoms with Crippen LogP contribution in [-0.2, 0) is 9.84 Å². The Kier molecular flexibility index (Phi) is 6.66. The molecule has 0 bridgehead atoms. The maximum atomic E-state index is 13.0. The highest BCUT2D eigenvalue weighted by Gasteiger charge is 2.27. The molecule has 26 heavy (non-hydrogen) atoms. The van der Waals surface area contributed by atoms with E-state index in [4.69, 9.17) is 22.1 Å². The number of sulfone groups is 1. The van der Waals surface area contributed by atoms with Crippen molar-refractivity contribution in [1.82, 2.24) is 9.97 Å². The fourth-order valence-electron chi connectivity index (χ4n) is 2.46. The van der Waals surface area contributed by atoms with E-state index in [1.54, 1.807) is 6.07 Å². The number of ether oxygens (including phenoxy) is 1. The minimum atomic E-state index is -3.98. The second-order valence-electron chi connectivity index (χ2n) is 5.65. The smallest absolute Gasteiger partial charge is 0.227 e. The summed E-state index contributed by atoms with van der Waals surface area (Å²) in [5.74, 6) is 0.485. The van der Waals surface area contributed by atoms with Gasteiger partial charge in [-0.1, -0.05) is 24.9 Å². The number of aromatic nitrogens is 2. The zero-order chi connectivity index (χ0) is 19.3. The van der Waals surface area contributed by atoms with Gasteiger partial charge in [-0.2, -0.15) is 4.98 Å². The number of halogens is 1. The van der Waals surface area contributed by atoms with Gasteiger partial charge in [0.05, 0.1) is 13.3 Å². The Morgan fingerprint density at radius 3 is 2.58 bits per heavy atom. The van der Waals surface area contributed by atoms with Crippen molar-refractivity contribution in [1.29, 1.82) is 0 Å². The van der Waals surface area contributed by atoms with E-state index in [1.165, 1.54) is 25.4 Å². The second-order valence-corrected chi connectivity index (χ2v) is 7.97. The van der Waals surface area contributed by atoms with E-state index >= 15 is 0 Å². The van der Waals surface area contributed by atoms with Gasteiger partial charge in [-0.25, -0.2) is 13.4 Å². The number of methoxy groups -OCH3 is 1. The van der Waals surface area contributed by atoms with Gasteiger partial charge < -0.3 is 15.4 Å². The van der Waals surface area contributed by atoms with E-state index in [0.717, 1.165) is 19.4 Å². The topological polar surface area (TPSA) is 98.4 Å². The third-order valence-corrected chi connectivity index (χ3v) is 5.95. The van der Waals surface area contributed by atoms with Gasteiger partial charge in [0.1, 0.15) is 21.4 Å². The Morgan fingerprint density at radius 1 is 1.27 bits per heavy atom. The molecule has 2 N–H and O–H groups in total. The quantitative estimate of drug-likeness (QED) is 0.728. The molecule has 7 nitrogen and oxygen atoms in total. The predicted molar refractivity (Wildman–Crippen MR) is 103 cm³/mol. The molecule has 2 aromatic rings. The highest BCUT2D eigenvalue weighted by molar-refractivity contribution is 7.91. The van der Waals surface area contributed by atoms with Crippen LogP contribution in [0.25, 0.3) is 0 Å². The van der Waals surface area contributed by atoms with Crippen LogP contribution in [0, 0.1) is 0 Å². The van der Waals surface area contributed by atoms with Crippen molar-refractivity contribution in [2.24, 2.45) is 0 Å². The lowest BCUT2D eigenvalue weighted by atomic mass is 10.3. The number of hydrogen-bond donors (Lipinski definition) is 1. The summed E-state index contributed by atoms with van der Waals surface area (Å²) in [6, 6.07) is 4.36. The molecular formula is C17H23ClN4O3S. The molecule has 0 aliphatic carbocycles. The van der Waals surface area contributed by atoms with E-state index < -0.39 is 9.84 Å². The van der Waals surface area contributed by atoms with Crippen LogP contribution >= 0.6 is 11.6 Å². The Hall–Kier alpha value is -2.06. The molecular weight excluding hydrogens is 376 g/mol. The largest absolute Gasteiger partial charge is 0.495 e. The number of nitrogens with zero attached hydrogens (tertiary/aromatic N) is 3. The third kappa shape index (κ3) is 4.19. The third-order valence-electron chi connectivity index (χ3n) is 3.92. The van der Waals surface area contributed by atoms with Gasteiger partial charge in [0.2, 0.25) is 15.8 Å². The van der Waals surface area contributed by atoms with Crippen LogP contribution in [0.2, 0.25) is 5.02 Å². The monoisotopic (exact) mass is 398 g/mol. The minimum Gasteiger partial charge on any atom is -0.495 e. The highest BCUT2D eigenvalue weighted by Crippen LogP contribution is 2.33. The number of nitrogen functional groups attached to an aromatic ring is 1. The Balaban J connectivity index is 2.47. The molecule has 0 fully saturated rings. The van der Waals surface area contributed by atoms with Crippen LogP contribution in [0.1, 0.15) is 26.7 Å². The molecule has 9 heteroatoms. The molecule has 0 aliphatic heterocycles. The molecule has 0 amide bonds. The second kappa shape index (κ2) is 8.55. The van der Waals surface area contributed by atoms with E-state index in [2.05, 4.69) is 16.9 Å². The fraction of sp³-hybridized carbons (Fsp3) is 0.412. The van der Waals surface area contributed by atoms with Crippen LogP contribution in [-0.4, -0.2) is 38.6 Å². The first-order chi connectivity index (χ1) is 12.3. The van der Waals surface area contributed by atoms with Gasteiger partial charge in [-0.05, 0) is 31.5 Å². The molecule has 0 aliphatic rings. The maximum Gasteiger partial charge on any atom is 0.227 e. The molecule has 0 saturated carbocycles. The van der Waals surface area contributed by atoms with Crippen LogP contribution in [0.4, 0.5) is 11.8 Å². The molecule has 0 unspecified atom stereocenters. The lowest BCUT2D eigenvalue weighted by Gasteiger charge is -2.21. The zero-order valence-corrected chi connectivity index (χ0v) is 16.6. The molecule has 2 rings (SSSR count). The molecule has 0 radical (unpaired) electrons. The first-order valence-electron chi connectivity index (χ1n) is 8.31. The van der Waals surface area contributed by atoms with E-state index in [-0.39, 0.29) is 26.4 Å². The summed E-state index contributed by atoms with van der Waals surface area (Å²) in [5, 5.41) is 0.275. The SMILES string of the molecule is CCCCN(CC)c1ncc(S(=O)(=O)c2cc(Cl)ccc2OC)c(N)n1. The number of rotatable bonds is 8. The van der Waals surface area contributed by atoms with Gasteiger partial charge >= 0.3 is 0 Å². The van der Waals surface area contributed by atoms with Crippen molar-refractivity contribution in [3.8, 4) is 5.75 Å². The summed E-state index contributed by atoms with van der Waals surface area (Å²) < 4.78 is 31.1. The molecule has 1 aromatic carbocycles. The Bertz CT molecular complexity index is 874. The Labute approximate surface area is 159 Å². The molecule has 1 aromatic heterocycles. The minimum absolute atomic E-state index is 0.0751. The van der Waals surface area contributed by atoms with Crippen molar-refractivity contribution in [3.63, 3.8) is 0 Å². The Morgan fingerprint density at radius 2 is 2.00 bits per heavy atom. The van der Waals surface area contributed by atoms with Crippen molar-refractivity contribution in [2.45, 2.75) is 36.5 Å². The van der Waals surface area contributed by atoms with Crippen molar-refractivity contribution >= 4 is 33.2 Å². The van der Waals surface area contributed by atoms with E-state index in [1.807, 2.05) is 11.8 Å². The lowest BCUT2D eigenvalue weighted by Crippen LogP contribution is -2.26. The summed E-state index contributed by atoms with van der Waals surface area (Å²) in [6.07, 6.45) is 3.26. The summed E-state index contributed by atoms with van der Waals surface area (Å²) in [7, 11) is -2.59. The van der Waals surface area contributed by atoms with Crippen molar-refractivity contribution < 1.29 is 13.2 Å². The first kappa shape index (κ1) is 20.3. The van der Waals surface area contributed by atoms with Crippen LogP contribution in [0.5, 0.6) is 5.75 Å². The summed E-state index contributed by atoms with van der Waals surface area (Å²) in [6.45, 7) is 5.56. The number of hydrogen-bond acceptors (Lipinski definition) is 7. The van der Waals surface area contributed by atoms with Gasteiger partial charge in [0.25, 0.3) is 0 Å². The van der Waals surface area contributed by atoms with Crippen molar-refractivity contribution in [2.75, 3.05) is 30.8 Å². The zero-order valence-electron chi connectivity index (χ0n) is 15.1. The normalized spacial score (nSPS) is 11.4. The number of anilines is 2. The highest BCUT2D eigenvalue weighted by atomic mass is 35.5. The number of benzene rings is 1. The average molecular weight is 399 g/mol. The molecule has 1 heterocycles. The number of nitrogens with two attached hydrogens (primary N) is 1. The van der Waals surface area contributed by atoms with Gasteiger partial charge in [0, 0.05) is 18.1 Å². The first-order valence-corrected chi connectivity index (χ1v) is 10.2. The number of unbranched alkanes of at least 4 members (excludes halogenated alkanes) is 1. The predicted octanol–water partition coefficient (Wildman–Crippen LogP) is 3.18. The molecule has 0 atom stereocenters. The summed E-state index contributed by atoms with van der Waals surface area (Å²) in [5.41, 5.74) is 5.96. The standard InChI is InChI=1S/C17H23ClN4O3S/c1-4-6-9-22(5-2)17-20-11-15(16(19)21-17)26(23,24)14-10-12(18)7-8-13(14)25-3/h7-8,10-11H,4-6,9H2,1-3H3,(H2,19,20,21). The van der Waals surface area contributed by atoms with Gasteiger partial charge in [-0.15, -0.1) is 0 Å². The van der Waals surface area contributed by atoms with Crippen molar-refractivity contribution in [3.05, 3.63) is 29.4 Å². The van der Waals surface area contributed by atoms with E-state index in [9.17, 15) is 8.42 Å². The molecule has 0 saturated heterocycles. The average Bonchev–Trinajstić information content (AvgIpc) is 2.62. The summed E-state index contributed by atoms with van der Waals surface area (Å²) in [4.78, 5) is 10.1. The molecule has 142 valence electrons. The van der Waals surface area contributed by atoms with Gasteiger partial charge in [-0.3, -0.25) is 0 Å². The van der Waals surface area contributed by atoms with Gasteiger partial charge in [0.15, 0.2) is 0 Å². The van der Waals surface area contributed by atoms with Crippen LogP contribution in [0.15, 0.2) is 34.2 Å². The van der Waals surface area contributed by atoms with Crippen LogP contribution in [0.3, 0.4) is 0 Å². The maximum absolute atomic E-state index is 13.0. The molecule has 0 spiro atoms. The van der Waals surface area contributed by atoms with E-state index in [0.29, 0.717) is 12.5 Å².